The van der Waals surface area contributed by atoms with Crippen LogP contribution in [0.3, 0.4) is 0 Å². The standard InChI is InChI=1S/C16H14F2N2S/c1-9-7-15-14(8-13(9)18)19-16(21)20(15)10(2)11-5-3-4-6-12(11)17/h3-8,10H,1-2H3,(H,19,21). The first-order valence-corrected chi connectivity index (χ1v) is 7.04. The number of rotatable bonds is 2. The lowest BCUT2D eigenvalue weighted by Gasteiger charge is -2.16. The Morgan fingerprint density at radius 3 is 2.57 bits per heavy atom. The second-order valence-electron chi connectivity index (χ2n) is 5.12. The molecule has 0 aliphatic carbocycles. The number of aromatic amines is 1. The minimum Gasteiger partial charge on any atom is -0.330 e. The molecule has 1 aromatic heterocycles. The van der Waals surface area contributed by atoms with Gasteiger partial charge < -0.3 is 9.55 Å². The Hall–Kier alpha value is -2.01. The number of benzene rings is 2. The first-order valence-electron chi connectivity index (χ1n) is 6.64. The molecule has 0 aliphatic rings. The van der Waals surface area contributed by atoms with Gasteiger partial charge in [0.05, 0.1) is 17.1 Å². The highest BCUT2D eigenvalue weighted by Gasteiger charge is 2.17. The summed E-state index contributed by atoms with van der Waals surface area (Å²) in [5.41, 5.74) is 2.48. The summed E-state index contributed by atoms with van der Waals surface area (Å²) in [7, 11) is 0. The van der Waals surface area contributed by atoms with Gasteiger partial charge in [-0.15, -0.1) is 0 Å². The highest BCUT2D eigenvalue weighted by atomic mass is 32.1. The van der Waals surface area contributed by atoms with Gasteiger partial charge >= 0.3 is 0 Å². The van der Waals surface area contributed by atoms with Gasteiger partial charge in [-0.2, -0.15) is 0 Å². The Morgan fingerprint density at radius 1 is 1.14 bits per heavy atom. The van der Waals surface area contributed by atoms with Gasteiger partial charge in [0.15, 0.2) is 4.77 Å². The SMILES string of the molecule is Cc1cc2c(cc1F)[nH]c(=S)n2C(C)c1ccccc1F. The molecule has 1 heterocycles. The minimum atomic E-state index is -0.288. The summed E-state index contributed by atoms with van der Waals surface area (Å²) < 4.78 is 29.9. The average Bonchev–Trinajstić information content (AvgIpc) is 2.74. The van der Waals surface area contributed by atoms with Gasteiger partial charge in [0, 0.05) is 5.56 Å². The Kier molecular flexibility index (Phi) is 3.37. The van der Waals surface area contributed by atoms with Crippen molar-refractivity contribution in [2.24, 2.45) is 0 Å². The summed E-state index contributed by atoms with van der Waals surface area (Å²) in [5, 5.41) is 0. The second-order valence-corrected chi connectivity index (χ2v) is 5.50. The number of nitrogens with zero attached hydrogens (tertiary/aromatic N) is 1. The Bertz CT molecular complexity index is 880. The van der Waals surface area contributed by atoms with Gasteiger partial charge in [0.25, 0.3) is 0 Å². The van der Waals surface area contributed by atoms with Gasteiger partial charge in [0.2, 0.25) is 0 Å². The van der Waals surface area contributed by atoms with E-state index in [1.165, 1.54) is 12.1 Å². The second kappa shape index (κ2) is 5.07. The number of fused-ring (bicyclic) bond motifs is 1. The largest absolute Gasteiger partial charge is 0.330 e. The topological polar surface area (TPSA) is 20.7 Å². The fraction of sp³-hybridized carbons (Fsp3) is 0.188. The smallest absolute Gasteiger partial charge is 0.178 e. The summed E-state index contributed by atoms with van der Waals surface area (Å²) in [5.74, 6) is -0.565. The van der Waals surface area contributed by atoms with Crippen molar-refractivity contribution in [3.05, 3.63) is 63.9 Å². The summed E-state index contributed by atoms with van der Waals surface area (Å²) in [6.07, 6.45) is 0. The van der Waals surface area contributed by atoms with E-state index in [9.17, 15) is 8.78 Å². The zero-order chi connectivity index (χ0) is 15.1. The van der Waals surface area contributed by atoms with Crippen molar-refractivity contribution in [2.75, 3.05) is 0 Å². The molecule has 21 heavy (non-hydrogen) atoms. The van der Waals surface area contributed by atoms with Crippen LogP contribution in [-0.4, -0.2) is 9.55 Å². The first kappa shape index (κ1) is 13.9. The Morgan fingerprint density at radius 2 is 1.86 bits per heavy atom. The molecule has 0 spiro atoms. The number of halogens is 2. The molecule has 5 heteroatoms. The lowest BCUT2D eigenvalue weighted by Crippen LogP contribution is -2.08. The number of hydrogen-bond donors (Lipinski definition) is 1. The molecule has 3 aromatic rings. The summed E-state index contributed by atoms with van der Waals surface area (Å²) in [6, 6.07) is 9.47. The molecule has 0 amide bonds. The van der Waals surface area contributed by atoms with Crippen molar-refractivity contribution >= 4 is 23.3 Å². The Balaban J connectivity index is 2.25. The molecular formula is C16H14F2N2S. The molecule has 0 bridgehead atoms. The maximum absolute atomic E-state index is 14.0. The van der Waals surface area contributed by atoms with E-state index < -0.39 is 0 Å². The molecule has 2 aromatic carbocycles. The predicted octanol–water partition coefficient (Wildman–Crippen LogP) is 4.89. The summed E-state index contributed by atoms with van der Waals surface area (Å²) in [4.78, 5) is 2.98. The number of aromatic nitrogens is 2. The lowest BCUT2D eigenvalue weighted by atomic mass is 10.1. The van der Waals surface area contributed by atoms with Gasteiger partial charge in [-0.05, 0) is 49.8 Å². The van der Waals surface area contributed by atoms with E-state index >= 15 is 0 Å². The normalized spacial score (nSPS) is 12.8. The van der Waals surface area contributed by atoms with Crippen LogP contribution in [0.4, 0.5) is 8.78 Å². The zero-order valence-corrected chi connectivity index (χ0v) is 12.5. The van der Waals surface area contributed by atoms with Gasteiger partial charge in [-0.3, -0.25) is 0 Å². The third-order valence-electron chi connectivity index (χ3n) is 3.74. The summed E-state index contributed by atoms with van der Waals surface area (Å²) in [6.45, 7) is 3.57. The van der Waals surface area contributed by atoms with Crippen LogP contribution >= 0.6 is 12.2 Å². The number of H-pyrrole nitrogens is 1. The molecule has 0 aliphatic heterocycles. The third-order valence-corrected chi connectivity index (χ3v) is 4.04. The minimum absolute atomic E-state index is 0.278. The van der Waals surface area contributed by atoms with Crippen LogP contribution in [0.15, 0.2) is 36.4 Å². The van der Waals surface area contributed by atoms with E-state index in [4.69, 9.17) is 12.2 Å². The van der Waals surface area contributed by atoms with Crippen LogP contribution in [0, 0.1) is 23.3 Å². The highest BCUT2D eigenvalue weighted by Crippen LogP contribution is 2.27. The molecule has 1 atom stereocenters. The van der Waals surface area contributed by atoms with Crippen LogP contribution in [0.2, 0.25) is 0 Å². The van der Waals surface area contributed by atoms with Crippen molar-refractivity contribution in [2.45, 2.75) is 19.9 Å². The molecule has 3 rings (SSSR count). The van der Waals surface area contributed by atoms with Crippen LogP contribution in [-0.2, 0) is 0 Å². The number of nitrogens with one attached hydrogen (secondary N) is 1. The zero-order valence-electron chi connectivity index (χ0n) is 11.7. The maximum atomic E-state index is 14.0. The highest BCUT2D eigenvalue weighted by molar-refractivity contribution is 7.71. The van der Waals surface area contributed by atoms with Crippen molar-refractivity contribution in [3.8, 4) is 0 Å². The van der Waals surface area contributed by atoms with Gasteiger partial charge in [-0.1, -0.05) is 18.2 Å². The van der Waals surface area contributed by atoms with Crippen molar-refractivity contribution in [1.29, 1.82) is 0 Å². The van der Waals surface area contributed by atoms with Crippen LogP contribution < -0.4 is 0 Å². The van der Waals surface area contributed by atoms with E-state index in [1.807, 2.05) is 11.5 Å². The Labute approximate surface area is 126 Å². The van der Waals surface area contributed by atoms with Crippen molar-refractivity contribution < 1.29 is 8.78 Å². The molecular weight excluding hydrogens is 290 g/mol. The molecule has 0 fully saturated rings. The molecule has 1 N–H and O–H groups in total. The van der Waals surface area contributed by atoms with Gasteiger partial charge in [0.1, 0.15) is 11.6 Å². The molecule has 1 unspecified atom stereocenters. The van der Waals surface area contributed by atoms with Gasteiger partial charge in [-0.25, -0.2) is 8.78 Å². The lowest BCUT2D eigenvalue weighted by molar-refractivity contribution is 0.561. The molecule has 0 saturated heterocycles. The molecule has 2 nitrogen and oxygen atoms in total. The van der Waals surface area contributed by atoms with E-state index in [0.29, 0.717) is 21.4 Å². The molecule has 0 saturated carbocycles. The van der Waals surface area contributed by atoms with Crippen molar-refractivity contribution in [1.82, 2.24) is 9.55 Å². The third kappa shape index (κ3) is 2.27. The number of hydrogen-bond acceptors (Lipinski definition) is 1. The quantitative estimate of drug-likeness (QED) is 0.668. The molecule has 108 valence electrons. The van der Waals surface area contributed by atoms with Crippen LogP contribution in [0.25, 0.3) is 11.0 Å². The van der Waals surface area contributed by atoms with E-state index in [1.54, 1.807) is 31.2 Å². The monoisotopic (exact) mass is 304 g/mol. The van der Waals surface area contributed by atoms with Crippen LogP contribution in [0.1, 0.15) is 24.1 Å². The average molecular weight is 304 g/mol. The first-order chi connectivity index (χ1) is 9.99. The van der Waals surface area contributed by atoms with Crippen LogP contribution in [0.5, 0.6) is 0 Å². The maximum Gasteiger partial charge on any atom is 0.178 e. The fourth-order valence-electron chi connectivity index (χ4n) is 2.59. The fourth-order valence-corrected chi connectivity index (χ4v) is 2.95. The van der Waals surface area contributed by atoms with E-state index in [2.05, 4.69) is 4.98 Å². The number of imidazole rings is 1. The van der Waals surface area contributed by atoms with E-state index in [-0.39, 0.29) is 17.7 Å². The van der Waals surface area contributed by atoms with E-state index in [0.717, 1.165) is 5.52 Å². The number of aryl methyl sites for hydroxylation is 1. The predicted molar refractivity (Wildman–Crippen MR) is 82.0 cm³/mol. The van der Waals surface area contributed by atoms with Crippen molar-refractivity contribution in [3.63, 3.8) is 0 Å². The summed E-state index contributed by atoms with van der Waals surface area (Å²) >= 11 is 5.32. The molecule has 0 radical (unpaired) electrons.